The maximum absolute atomic E-state index is 12.3. The number of carboxylic acid groups (broad SMARTS) is 1. The zero-order chi connectivity index (χ0) is 17.2. The molecule has 1 fully saturated rings. The third-order valence-electron chi connectivity index (χ3n) is 4.53. The van der Waals surface area contributed by atoms with Gasteiger partial charge < -0.3 is 15.7 Å². The normalized spacial score (nSPS) is 21.6. The van der Waals surface area contributed by atoms with E-state index in [-0.39, 0.29) is 18.0 Å². The van der Waals surface area contributed by atoms with E-state index in [1.807, 2.05) is 13.8 Å². The van der Waals surface area contributed by atoms with E-state index < -0.39 is 5.97 Å². The first kappa shape index (κ1) is 17.9. The summed E-state index contributed by atoms with van der Waals surface area (Å²) < 4.78 is 0. The van der Waals surface area contributed by atoms with E-state index >= 15 is 0 Å². The van der Waals surface area contributed by atoms with Crippen LogP contribution in [0.1, 0.15) is 29.3 Å². The number of nitrogens with one attached hydrogen (secondary N) is 2. The number of anilines is 1. The number of rotatable bonds is 6. The van der Waals surface area contributed by atoms with Crippen LogP contribution >= 0.6 is 11.3 Å². The molecule has 0 bridgehead atoms. The number of amides is 1. The summed E-state index contributed by atoms with van der Waals surface area (Å²) in [7, 11) is 0. The van der Waals surface area contributed by atoms with Crippen molar-refractivity contribution < 1.29 is 14.7 Å². The molecule has 3 N–H and O–H groups in total. The van der Waals surface area contributed by atoms with Crippen LogP contribution in [-0.2, 0) is 9.59 Å². The van der Waals surface area contributed by atoms with E-state index in [4.69, 9.17) is 5.11 Å². The SMILES string of the molecule is Cc1sc(NC(=O)CN2CC[C@](C)(NCC(=O)O)C2)c(C)c1C. The summed E-state index contributed by atoms with van der Waals surface area (Å²) >= 11 is 1.61. The number of hydrogen-bond donors (Lipinski definition) is 3. The Bertz CT molecular complexity index is 614. The van der Waals surface area contributed by atoms with Gasteiger partial charge in [-0.15, -0.1) is 11.3 Å². The predicted octanol–water partition coefficient (Wildman–Crippen LogP) is 1.75. The number of nitrogens with zero attached hydrogens (tertiary/aromatic N) is 1. The Morgan fingerprint density at radius 3 is 2.57 bits per heavy atom. The molecule has 0 unspecified atom stereocenters. The lowest BCUT2D eigenvalue weighted by Gasteiger charge is -2.25. The molecule has 23 heavy (non-hydrogen) atoms. The Kier molecular flexibility index (Phi) is 5.44. The highest BCUT2D eigenvalue weighted by Gasteiger charge is 2.34. The van der Waals surface area contributed by atoms with Crippen LogP contribution in [0.3, 0.4) is 0 Å². The van der Waals surface area contributed by atoms with E-state index in [1.54, 1.807) is 11.3 Å². The molecule has 0 radical (unpaired) electrons. The minimum absolute atomic E-state index is 0.0168. The van der Waals surface area contributed by atoms with Gasteiger partial charge in [-0.2, -0.15) is 0 Å². The molecule has 0 aliphatic carbocycles. The van der Waals surface area contributed by atoms with Crippen molar-refractivity contribution in [2.45, 2.75) is 39.7 Å². The van der Waals surface area contributed by atoms with Gasteiger partial charge in [0.2, 0.25) is 5.91 Å². The monoisotopic (exact) mass is 339 g/mol. The zero-order valence-corrected chi connectivity index (χ0v) is 15.0. The van der Waals surface area contributed by atoms with Gasteiger partial charge in [-0.05, 0) is 45.2 Å². The largest absolute Gasteiger partial charge is 0.480 e. The lowest BCUT2D eigenvalue weighted by Crippen LogP contribution is -2.47. The van der Waals surface area contributed by atoms with Crippen LogP contribution in [-0.4, -0.2) is 53.6 Å². The Labute approximate surface area is 140 Å². The first-order valence-corrected chi connectivity index (χ1v) is 8.57. The van der Waals surface area contributed by atoms with Crippen molar-refractivity contribution in [2.75, 3.05) is 31.5 Å². The lowest BCUT2D eigenvalue weighted by atomic mass is 10.0. The van der Waals surface area contributed by atoms with Crippen LogP contribution in [0.2, 0.25) is 0 Å². The molecule has 1 saturated heterocycles. The minimum atomic E-state index is -0.860. The first-order valence-electron chi connectivity index (χ1n) is 7.76. The molecule has 0 saturated carbocycles. The number of aryl methyl sites for hydroxylation is 1. The average molecular weight is 339 g/mol. The minimum Gasteiger partial charge on any atom is -0.480 e. The molecule has 2 rings (SSSR count). The molecule has 1 aromatic heterocycles. The van der Waals surface area contributed by atoms with E-state index in [0.717, 1.165) is 23.5 Å². The number of thiophene rings is 1. The van der Waals surface area contributed by atoms with Crippen molar-refractivity contribution in [1.82, 2.24) is 10.2 Å². The number of carbonyl (C=O) groups excluding carboxylic acids is 1. The van der Waals surface area contributed by atoms with Gasteiger partial charge >= 0.3 is 5.97 Å². The second-order valence-electron chi connectivity index (χ2n) is 6.55. The maximum Gasteiger partial charge on any atom is 0.317 e. The van der Waals surface area contributed by atoms with Crippen LogP contribution in [0.5, 0.6) is 0 Å². The van der Waals surface area contributed by atoms with Crippen molar-refractivity contribution in [3.8, 4) is 0 Å². The van der Waals surface area contributed by atoms with Crippen LogP contribution in [0, 0.1) is 20.8 Å². The van der Waals surface area contributed by atoms with Crippen LogP contribution < -0.4 is 10.6 Å². The van der Waals surface area contributed by atoms with Crippen LogP contribution in [0.15, 0.2) is 0 Å². The van der Waals surface area contributed by atoms with Crippen molar-refractivity contribution >= 4 is 28.2 Å². The molecular formula is C16H25N3O3S. The molecule has 1 atom stereocenters. The molecule has 1 aromatic rings. The fourth-order valence-electron chi connectivity index (χ4n) is 2.85. The number of carboxylic acids is 1. The van der Waals surface area contributed by atoms with Gasteiger partial charge in [0.05, 0.1) is 18.1 Å². The molecule has 1 aliphatic rings. The molecular weight excluding hydrogens is 314 g/mol. The summed E-state index contributed by atoms with van der Waals surface area (Å²) in [5.74, 6) is -0.877. The predicted molar refractivity (Wildman–Crippen MR) is 92.3 cm³/mol. The average Bonchev–Trinajstić information content (AvgIpc) is 2.94. The third kappa shape index (κ3) is 4.53. The fraction of sp³-hybridized carbons (Fsp3) is 0.625. The van der Waals surface area contributed by atoms with E-state index in [9.17, 15) is 9.59 Å². The number of carbonyl (C=O) groups is 2. The molecule has 128 valence electrons. The van der Waals surface area contributed by atoms with Crippen molar-refractivity contribution in [3.63, 3.8) is 0 Å². The van der Waals surface area contributed by atoms with Gasteiger partial charge in [0.1, 0.15) is 0 Å². The van der Waals surface area contributed by atoms with Gasteiger partial charge in [0.25, 0.3) is 0 Å². The molecule has 7 heteroatoms. The number of hydrogen-bond acceptors (Lipinski definition) is 5. The highest BCUT2D eigenvalue weighted by atomic mass is 32.1. The third-order valence-corrected chi connectivity index (χ3v) is 5.75. The van der Waals surface area contributed by atoms with Gasteiger partial charge in [-0.1, -0.05) is 0 Å². The standard InChI is InChI=1S/C16H25N3O3S/c1-10-11(2)15(23-12(10)3)18-13(20)8-19-6-5-16(4,9-19)17-7-14(21)22/h17H,5-9H2,1-4H3,(H,18,20)(H,21,22)/t16-/m0/s1. The Morgan fingerprint density at radius 2 is 2.00 bits per heavy atom. The second-order valence-corrected chi connectivity index (χ2v) is 7.78. The van der Waals surface area contributed by atoms with E-state index in [2.05, 4.69) is 29.4 Å². The molecule has 2 heterocycles. The molecule has 1 aliphatic heterocycles. The summed E-state index contributed by atoms with van der Waals surface area (Å²) in [6, 6.07) is 0. The molecule has 6 nitrogen and oxygen atoms in total. The number of likely N-dealkylation sites (tertiary alicyclic amines) is 1. The Balaban J connectivity index is 1.87. The van der Waals surface area contributed by atoms with E-state index in [1.165, 1.54) is 10.4 Å². The quantitative estimate of drug-likeness (QED) is 0.736. The molecule has 1 amide bonds. The first-order chi connectivity index (χ1) is 10.7. The lowest BCUT2D eigenvalue weighted by molar-refractivity contribution is -0.136. The van der Waals surface area contributed by atoms with Gasteiger partial charge in [0, 0.05) is 23.5 Å². The zero-order valence-electron chi connectivity index (χ0n) is 14.2. The maximum atomic E-state index is 12.3. The van der Waals surface area contributed by atoms with Crippen molar-refractivity contribution in [2.24, 2.45) is 0 Å². The summed E-state index contributed by atoms with van der Waals surface area (Å²) in [6.45, 7) is 9.90. The second kappa shape index (κ2) is 6.98. The summed E-state index contributed by atoms with van der Waals surface area (Å²) in [4.78, 5) is 26.2. The summed E-state index contributed by atoms with van der Waals surface area (Å²) in [5, 5.41) is 15.8. The Morgan fingerprint density at radius 1 is 1.30 bits per heavy atom. The Hall–Kier alpha value is -1.44. The smallest absolute Gasteiger partial charge is 0.317 e. The molecule has 0 aromatic carbocycles. The van der Waals surface area contributed by atoms with Gasteiger partial charge in [-0.25, -0.2) is 0 Å². The highest BCUT2D eigenvalue weighted by Crippen LogP contribution is 2.31. The van der Waals surface area contributed by atoms with Gasteiger partial charge in [-0.3, -0.25) is 14.5 Å². The van der Waals surface area contributed by atoms with E-state index in [0.29, 0.717) is 13.1 Å². The van der Waals surface area contributed by atoms with Crippen LogP contribution in [0.4, 0.5) is 5.00 Å². The number of aliphatic carboxylic acids is 1. The summed E-state index contributed by atoms with van der Waals surface area (Å²) in [6.07, 6.45) is 0.837. The highest BCUT2D eigenvalue weighted by molar-refractivity contribution is 7.16. The topological polar surface area (TPSA) is 81.7 Å². The van der Waals surface area contributed by atoms with Crippen molar-refractivity contribution in [3.05, 3.63) is 16.0 Å². The fourth-order valence-corrected chi connectivity index (χ4v) is 3.94. The summed E-state index contributed by atoms with van der Waals surface area (Å²) in [5.41, 5.74) is 2.12. The van der Waals surface area contributed by atoms with Crippen molar-refractivity contribution in [1.29, 1.82) is 0 Å². The van der Waals surface area contributed by atoms with Gasteiger partial charge in [0.15, 0.2) is 0 Å². The van der Waals surface area contributed by atoms with Crippen LogP contribution in [0.25, 0.3) is 0 Å². The molecule has 0 spiro atoms.